The Morgan fingerprint density at radius 2 is 1.02 bits per heavy atom. The number of aromatic nitrogens is 3. The van der Waals surface area contributed by atoms with Crippen LogP contribution in [0.2, 0.25) is 0 Å². The van der Waals surface area contributed by atoms with E-state index in [0.717, 1.165) is 61.4 Å². The van der Waals surface area contributed by atoms with Crippen LogP contribution in [-0.4, -0.2) is 15.0 Å². The summed E-state index contributed by atoms with van der Waals surface area (Å²) in [6.07, 6.45) is 0. The largest absolute Gasteiger partial charge is 0.477 e. The fraction of sp³-hybridized carbons (Fsp3) is 0.0377. The predicted molar refractivity (Wildman–Crippen MR) is 239 cm³/mol. The average molecular weight is 762 g/mol. The van der Waals surface area contributed by atoms with E-state index >= 15 is 0 Å². The Kier molecular flexibility index (Phi) is 8.09. The summed E-state index contributed by atoms with van der Waals surface area (Å²) in [4.78, 5) is 15.6. The summed E-state index contributed by atoms with van der Waals surface area (Å²) in [6.45, 7) is 2.17. The maximum atomic E-state index is 6.96. The number of thiophene rings is 1. The summed E-state index contributed by atoms with van der Waals surface area (Å²) >= 11 is 1.79. The summed E-state index contributed by atoms with van der Waals surface area (Å²) in [6, 6.07) is 67.9. The van der Waals surface area contributed by atoms with Crippen molar-refractivity contribution in [3.8, 4) is 73.3 Å². The number of benzene rings is 8. The molecule has 58 heavy (non-hydrogen) atoms. The van der Waals surface area contributed by atoms with Crippen LogP contribution in [0, 0.1) is 0 Å². The van der Waals surface area contributed by atoms with Crippen LogP contribution in [-0.2, 0) is 5.60 Å². The molecule has 1 unspecified atom stereocenters. The molecule has 0 radical (unpaired) electrons. The van der Waals surface area contributed by atoms with Gasteiger partial charge in [-0.25, -0.2) is 15.0 Å². The van der Waals surface area contributed by atoms with E-state index in [4.69, 9.17) is 19.7 Å². The lowest BCUT2D eigenvalue weighted by Gasteiger charge is -2.39. The lowest BCUT2D eigenvalue weighted by molar-refractivity contribution is 0.129. The van der Waals surface area contributed by atoms with E-state index in [1.165, 1.54) is 25.7 Å². The zero-order valence-corrected chi connectivity index (χ0v) is 32.4. The Morgan fingerprint density at radius 1 is 0.431 bits per heavy atom. The molecule has 0 saturated carbocycles. The minimum Gasteiger partial charge on any atom is -0.477 e. The molecule has 1 aliphatic rings. The minimum absolute atomic E-state index is 0.621. The van der Waals surface area contributed by atoms with Crippen LogP contribution in [0.5, 0.6) is 5.75 Å². The van der Waals surface area contributed by atoms with Gasteiger partial charge in [0.05, 0.1) is 0 Å². The van der Waals surface area contributed by atoms with Crippen molar-refractivity contribution in [1.82, 2.24) is 15.0 Å². The Morgan fingerprint density at radius 3 is 1.86 bits per heavy atom. The number of rotatable bonds is 6. The van der Waals surface area contributed by atoms with Gasteiger partial charge >= 0.3 is 0 Å². The first-order valence-corrected chi connectivity index (χ1v) is 20.3. The fourth-order valence-corrected chi connectivity index (χ4v) is 9.61. The number of fused-ring (bicyclic) bond motifs is 6. The van der Waals surface area contributed by atoms with Crippen LogP contribution in [0.3, 0.4) is 0 Å². The maximum absolute atomic E-state index is 6.96. The van der Waals surface area contributed by atoms with Crippen LogP contribution in [0.15, 0.2) is 194 Å². The van der Waals surface area contributed by atoms with Gasteiger partial charge in [-0.05, 0) is 64.6 Å². The molecule has 4 nitrogen and oxygen atoms in total. The first kappa shape index (κ1) is 34.1. The zero-order chi connectivity index (χ0) is 38.6. The molecule has 5 heteroatoms. The normalized spacial score (nSPS) is 14.5. The Bertz CT molecular complexity index is 3160. The lowest BCUT2D eigenvalue weighted by Crippen LogP contribution is -2.34. The molecule has 8 aromatic carbocycles. The second-order valence-corrected chi connectivity index (χ2v) is 15.9. The molecular formula is C53H35N3OS. The van der Waals surface area contributed by atoms with Crippen LogP contribution >= 0.6 is 11.3 Å². The molecular weight excluding hydrogens is 727 g/mol. The van der Waals surface area contributed by atoms with Crippen LogP contribution in [0.4, 0.5) is 0 Å². The zero-order valence-electron chi connectivity index (χ0n) is 31.6. The van der Waals surface area contributed by atoms with E-state index < -0.39 is 5.60 Å². The minimum atomic E-state index is -0.623. The third-order valence-corrected chi connectivity index (χ3v) is 12.5. The molecule has 0 amide bonds. The van der Waals surface area contributed by atoms with Crippen LogP contribution < -0.4 is 4.74 Å². The maximum Gasteiger partial charge on any atom is 0.164 e. The highest BCUT2D eigenvalue weighted by Crippen LogP contribution is 2.51. The highest BCUT2D eigenvalue weighted by atomic mass is 32.1. The molecule has 274 valence electrons. The van der Waals surface area contributed by atoms with Crippen molar-refractivity contribution in [2.45, 2.75) is 12.5 Å². The van der Waals surface area contributed by atoms with Crippen molar-refractivity contribution >= 4 is 31.5 Å². The highest BCUT2D eigenvalue weighted by molar-refractivity contribution is 7.25. The average Bonchev–Trinajstić information content (AvgIpc) is 3.69. The molecule has 0 fully saturated rings. The molecule has 0 aliphatic carbocycles. The summed E-state index contributed by atoms with van der Waals surface area (Å²) in [5.74, 6) is 2.77. The number of hydrogen-bond donors (Lipinski definition) is 0. The molecule has 2 aromatic heterocycles. The number of nitrogens with zero attached hydrogens (tertiary/aromatic N) is 3. The summed E-state index contributed by atoms with van der Waals surface area (Å²) < 4.78 is 9.41. The smallest absolute Gasteiger partial charge is 0.164 e. The van der Waals surface area contributed by atoms with Gasteiger partial charge in [0.2, 0.25) is 0 Å². The lowest BCUT2D eigenvalue weighted by atomic mass is 9.79. The van der Waals surface area contributed by atoms with Crippen molar-refractivity contribution in [2.24, 2.45) is 0 Å². The Balaban J connectivity index is 1.04. The van der Waals surface area contributed by atoms with Gasteiger partial charge in [0, 0.05) is 48.0 Å². The van der Waals surface area contributed by atoms with E-state index in [0.29, 0.717) is 17.5 Å². The van der Waals surface area contributed by atoms with Gasteiger partial charge in [-0.1, -0.05) is 170 Å². The summed E-state index contributed by atoms with van der Waals surface area (Å²) in [7, 11) is 0. The Hall–Kier alpha value is -7.21. The van der Waals surface area contributed by atoms with Crippen molar-refractivity contribution < 1.29 is 4.74 Å². The van der Waals surface area contributed by atoms with Crippen LogP contribution in [0.1, 0.15) is 18.1 Å². The predicted octanol–water partition coefficient (Wildman–Crippen LogP) is 13.9. The fourth-order valence-electron chi connectivity index (χ4n) is 8.48. The molecule has 3 heterocycles. The second kappa shape index (κ2) is 13.8. The SMILES string of the molecule is CC1(c2ccccc2)Oc2cccc(-c3ccc(-c4nc(-c5cccc(-c6ccccc6)c5)nc(-c5cccc6sc7ccccc7c56)n4)cc3)c2-c2ccccc21. The molecule has 0 saturated heterocycles. The van der Waals surface area contributed by atoms with Crippen molar-refractivity contribution in [3.63, 3.8) is 0 Å². The molecule has 0 bridgehead atoms. The van der Waals surface area contributed by atoms with Crippen molar-refractivity contribution in [2.75, 3.05) is 0 Å². The number of hydrogen-bond acceptors (Lipinski definition) is 5. The van der Waals surface area contributed by atoms with E-state index in [9.17, 15) is 0 Å². The van der Waals surface area contributed by atoms with E-state index in [2.05, 4.69) is 189 Å². The highest BCUT2D eigenvalue weighted by Gasteiger charge is 2.39. The van der Waals surface area contributed by atoms with Gasteiger partial charge in [0.15, 0.2) is 23.1 Å². The molecule has 1 aliphatic heterocycles. The van der Waals surface area contributed by atoms with Gasteiger partial charge in [-0.3, -0.25) is 0 Å². The van der Waals surface area contributed by atoms with Gasteiger partial charge in [0.1, 0.15) is 5.75 Å². The van der Waals surface area contributed by atoms with Gasteiger partial charge in [-0.2, -0.15) is 0 Å². The second-order valence-electron chi connectivity index (χ2n) is 14.8. The first-order chi connectivity index (χ1) is 28.6. The molecule has 1 atom stereocenters. The number of ether oxygens (including phenoxy) is 1. The summed E-state index contributed by atoms with van der Waals surface area (Å²) in [5, 5.41) is 2.37. The van der Waals surface area contributed by atoms with Gasteiger partial charge in [0.25, 0.3) is 0 Å². The quantitative estimate of drug-likeness (QED) is 0.169. The van der Waals surface area contributed by atoms with Gasteiger partial charge < -0.3 is 4.74 Å². The molecule has 11 rings (SSSR count). The van der Waals surface area contributed by atoms with E-state index in [1.807, 2.05) is 12.1 Å². The summed E-state index contributed by atoms with van der Waals surface area (Å²) in [5.41, 5.74) is 11.2. The third-order valence-electron chi connectivity index (χ3n) is 11.3. The topological polar surface area (TPSA) is 47.9 Å². The van der Waals surface area contributed by atoms with Crippen molar-refractivity contribution in [3.05, 3.63) is 205 Å². The van der Waals surface area contributed by atoms with E-state index in [1.54, 1.807) is 11.3 Å². The third kappa shape index (κ3) is 5.70. The molecule has 0 N–H and O–H groups in total. The van der Waals surface area contributed by atoms with Crippen LogP contribution in [0.25, 0.3) is 87.7 Å². The standard InChI is InChI=1S/C53H35N3OS/c1-53(39-19-6-3-7-20-39)44-25-10-8-21-41(44)48-40(23-13-26-45(48)57-53)35-29-31-36(32-30-35)50-54-51(38-18-12-17-37(33-38)34-15-4-2-5-16-34)56-52(55-50)43-24-14-28-47-49(43)42-22-9-11-27-46(42)58-47/h2-33H,1H3. The molecule has 10 aromatic rings. The monoisotopic (exact) mass is 761 g/mol. The van der Waals surface area contributed by atoms with Crippen molar-refractivity contribution in [1.29, 1.82) is 0 Å². The molecule has 0 spiro atoms. The Labute approximate surface area is 340 Å². The first-order valence-electron chi connectivity index (χ1n) is 19.5. The van der Waals surface area contributed by atoms with Gasteiger partial charge in [-0.15, -0.1) is 11.3 Å². The van der Waals surface area contributed by atoms with E-state index in [-0.39, 0.29) is 0 Å².